The molecule has 1 saturated carbocycles. The standard InChI is InChI=1S/C20H24FNO/c21-19-11-9-17(10-12-19)20(23)13-5-4-8-18(20)15-22-14-16-6-2-1-3-7-16/h1-3,6-7,9-12,18,22-23H,4-5,8,13-15H2. The third-order valence-corrected chi connectivity index (χ3v) is 4.94. The topological polar surface area (TPSA) is 32.3 Å². The van der Waals surface area contributed by atoms with Crippen molar-refractivity contribution in [2.24, 2.45) is 5.92 Å². The third kappa shape index (κ3) is 3.80. The zero-order chi connectivity index (χ0) is 16.1. The van der Waals surface area contributed by atoms with E-state index in [2.05, 4.69) is 17.4 Å². The number of nitrogens with one attached hydrogen (secondary N) is 1. The van der Waals surface area contributed by atoms with E-state index in [9.17, 15) is 9.50 Å². The first-order valence-electron chi connectivity index (χ1n) is 8.41. The summed E-state index contributed by atoms with van der Waals surface area (Å²) in [7, 11) is 0. The third-order valence-electron chi connectivity index (χ3n) is 4.94. The van der Waals surface area contributed by atoms with Crippen LogP contribution in [-0.2, 0) is 12.1 Å². The summed E-state index contributed by atoms with van der Waals surface area (Å²) in [5.41, 5.74) is 1.23. The fourth-order valence-corrected chi connectivity index (χ4v) is 3.60. The summed E-state index contributed by atoms with van der Waals surface area (Å²) in [5, 5.41) is 14.7. The molecule has 2 atom stereocenters. The maximum Gasteiger partial charge on any atom is 0.123 e. The Balaban J connectivity index is 1.67. The van der Waals surface area contributed by atoms with Crippen LogP contribution in [0.25, 0.3) is 0 Å². The van der Waals surface area contributed by atoms with E-state index in [-0.39, 0.29) is 11.7 Å². The number of aliphatic hydroxyl groups is 1. The molecule has 0 saturated heterocycles. The minimum atomic E-state index is -0.852. The Labute approximate surface area is 137 Å². The average Bonchev–Trinajstić information content (AvgIpc) is 2.58. The molecule has 2 unspecified atom stereocenters. The molecule has 3 rings (SSSR count). The van der Waals surface area contributed by atoms with Gasteiger partial charge < -0.3 is 10.4 Å². The molecule has 23 heavy (non-hydrogen) atoms. The van der Waals surface area contributed by atoms with Crippen LogP contribution in [0.2, 0.25) is 0 Å². The molecule has 2 N–H and O–H groups in total. The Kier molecular flexibility index (Phi) is 5.09. The summed E-state index contributed by atoms with van der Waals surface area (Å²) in [6.07, 6.45) is 3.90. The largest absolute Gasteiger partial charge is 0.385 e. The highest BCUT2D eigenvalue weighted by Gasteiger charge is 2.39. The first-order valence-corrected chi connectivity index (χ1v) is 8.41. The molecule has 0 aliphatic heterocycles. The van der Waals surface area contributed by atoms with Crippen molar-refractivity contribution in [1.82, 2.24) is 5.32 Å². The molecule has 2 aromatic rings. The minimum Gasteiger partial charge on any atom is -0.385 e. The highest BCUT2D eigenvalue weighted by molar-refractivity contribution is 5.25. The van der Waals surface area contributed by atoms with E-state index in [1.807, 2.05) is 18.2 Å². The fourth-order valence-electron chi connectivity index (χ4n) is 3.60. The minimum absolute atomic E-state index is 0.158. The van der Waals surface area contributed by atoms with Crippen LogP contribution in [0.3, 0.4) is 0 Å². The van der Waals surface area contributed by atoms with Crippen molar-refractivity contribution in [2.45, 2.75) is 37.8 Å². The van der Waals surface area contributed by atoms with Gasteiger partial charge in [0.2, 0.25) is 0 Å². The van der Waals surface area contributed by atoms with Crippen LogP contribution in [0.4, 0.5) is 4.39 Å². The highest BCUT2D eigenvalue weighted by atomic mass is 19.1. The molecule has 1 aliphatic rings. The van der Waals surface area contributed by atoms with Crippen molar-refractivity contribution < 1.29 is 9.50 Å². The van der Waals surface area contributed by atoms with Crippen LogP contribution in [-0.4, -0.2) is 11.7 Å². The van der Waals surface area contributed by atoms with Crippen molar-refractivity contribution in [1.29, 1.82) is 0 Å². The molecule has 0 heterocycles. The van der Waals surface area contributed by atoms with Crippen LogP contribution < -0.4 is 5.32 Å². The molecule has 2 nitrogen and oxygen atoms in total. The monoisotopic (exact) mass is 313 g/mol. The Morgan fingerprint density at radius 2 is 1.78 bits per heavy atom. The summed E-state index contributed by atoms with van der Waals surface area (Å²) in [6.45, 7) is 1.57. The molecule has 1 fully saturated rings. The maximum absolute atomic E-state index is 13.2. The van der Waals surface area contributed by atoms with Crippen LogP contribution in [0, 0.1) is 11.7 Å². The SMILES string of the molecule is OC1(c2ccc(F)cc2)CCCCC1CNCc1ccccc1. The van der Waals surface area contributed by atoms with Gasteiger partial charge in [-0.2, -0.15) is 0 Å². The lowest BCUT2D eigenvalue weighted by Crippen LogP contribution is -2.43. The zero-order valence-corrected chi connectivity index (χ0v) is 13.3. The van der Waals surface area contributed by atoms with Gasteiger partial charge >= 0.3 is 0 Å². The summed E-state index contributed by atoms with van der Waals surface area (Å²) in [4.78, 5) is 0. The van der Waals surface area contributed by atoms with Gasteiger partial charge in [-0.25, -0.2) is 4.39 Å². The van der Waals surface area contributed by atoms with Crippen molar-refractivity contribution in [3.63, 3.8) is 0 Å². The summed E-state index contributed by atoms with van der Waals surface area (Å²) >= 11 is 0. The van der Waals surface area contributed by atoms with Crippen molar-refractivity contribution in [3.8, 4) is 0 Å². The zero-order valence-electron chi connectivity index (χ0n) is 13.3. The van der Waals surface area contributed by atoms with Crippen LogP contribution >= 0.6 is 0 Å². The molecular weight excluding hydrogens is 289 g/mol. The lowest BCUT2D eigenvalue weighted by molar-refractivity contribution is -0.0537. The van der Waals surface area contributed by atoms with Gasteiger partial charge in [-0.05, 0) is 36.1 Å². The van der Waals surface area contributed by atoms with E-state index >= 15 is 0 Å². The maximum atomic E-state index is 13.2. The van der Waals surface area contributed by atoms with Crippen LogP contribution in [0.5, 0.6) is 0 Å². The second-order valence-corrected chi connectivity index (χ2v) is 6.49. The molecule has 1 aliphatic carbocycles. The lowest BCUT2D eigenvalue weighted by atomic mass is 9.71. The average molecular weight is 313 g/mol. The van der Waals surface area contributed by atoms with Crippen molar-refractivity contribution >= 4 is 0 Å². The van der Waals surface area contributed by atoms with E-state index in [1.54, 1.807) is 12.1 Å². The lowest BCUT2D eigenvalue weighted by Gasteiger charge is -2.40. The van der Waals surface area contributed by atoms with Crippen LogP contribution in [0.1, 0.15) is 36.8 Å². The fraction of sp³-hybridized carbons (Fsp3) is 0.400. The Morgan fingerprint density at radius 3 is 2.52 bits per heavy atom. The van der Waals surface area contributed by atoms with E-state index in [1.165, 1.54) is 17.7 Å². The van der Waals surface area contributed by atoms with Gasteiger partial charge in [0.25, 0.3) is 0 Å². The number of hydrogen-bond acceptors (Lipinski definition) is 2. The van der Waals surface area contributed by atoms with Gasteiger partial charge in [-0.3, -0.25) is 0 Å². The Bertz CT molecular complexity index is 613. The first kappa shape index (κ1) is 16.2. The van der Waals surface area contributed by atoms with Gasteiger partial charge in [0.1, 0.15) is 5.82 Å². The molecule has 0 bridgehead atoms. The van der Waals surface area contributed by atoms with Gasteiger partial charge in [0.15, 0.2) is 0 Å². The second-order valence-electron chi connectivity index (χ2n) is 6.49. The summed E-state index contributed by atoms with van der Waals surface area (Å²) in [6, 6.07) is 16.6. The number of hydrogen-bond donors (Lipinski definition) is 2. The molecule has 0 aromatic heterocycles. The van der Waals surface area contributed by atoms with Gasteiger partial charge in [-0.1, -0.05) is 55.3 Å². The van der Waals surface area contributed by atoms with E-state index in [0.29, 0.717) is 0 Å². The molecule has 2 aromatic carbocycles. The van der Waals surface area contributed by atoms with Crippen molar-refractivity contribution in [3.05, 3.63) is 71.5 Å². The normalized spacial score (nSPS) is 24.5. The molecular formula is C20H24FNO. The highest BCUT2D eigenvalue weighted by Crippen LogP contribution is 2.41. The Hall–Kier alpha value is -1.71. The molecule has 3 heteroatoms. The smallest absolute Gasteiger partial charge is 0.123 e. The quantitative estimate of drug-likeness (QED) is 0.874. The van der Waals surface area contributed by atoms with Gasteiger partial charge in [0.05, 0.1) is 5.60 Å². The number of rotatable bonds is 5. The molecule has 122 valence electrons. The first-order chi connectivity index (χ1) is 11.2. The second kappa shape index (κ2) is 7.24. The number of benzene rings is 2. The van der Waals surface area contributed by atoms with Crippen molar-refractivity contribution in [2.75, 3.05) is 6.54 Å². The predicted molar refractivity (Wildman–Crippen MR) is 90.4 cm³/mol. The summed E-state index contributed by atoms with van der Waals surface area (Å²) in [5.74, 6) is -0.0997. The van der Waals surface area contributed by atoms with Crippen LogP contribution in [0.15, 0.2) is 54.6 Å². The predicted octanol–water partition coefficient (Wildman–Crippen LogP) is 3.99. The Morgan fingerprint density at radius 1 is 1.04 bits per heavy atom. The van der Waals surface area contributed by atoms with E-state index < -0.39 is 5.60 Å². The molecule has 0 amide bonds. The number of halogens is 1. The van der Waals surface area contributed by atoms with E-state index in [4.69, 9.17) is 0 Å². The van der Waals surface area contributed by atoms with Gasteiger partial charge in [-0.15, -0.1) is 0 Å². The molecule has 0 spiro atoms. The molecule has 0 radical (unpaired) electrons. The summed E-state index contributed by atoms with van der Waals surface area (Å²) < 4.78 is 13.2. The van der Waals surface area contributed by atoms with E-state index in [0.717, 1.165) is 44.3 Å². The van der Waals surface area contributed by atoms with Gasteiger partial charge in [0, 0.05) is 19.0 Å².